The molecule has 0 unspecified atom stereocenters. The smallest absolute Gasteiger partial charge is 0.305 e. The Morgan fingerprint density at radius 3 is 2.15 bits per heavy atom. The van der Waals surface area contributed by atoms with Gasteiger partial charge in [0.05, 0.1) is 18.6 Å². The maximum atomic E-state index is 12.8. The average molecular weight is 578 g/mol. The number of methoxy groups -OCH3 is 1. The molecule has 0 spiro atoms. The van der Waals surface area contributed by atoms with Gasteiger partial charge in [-0.25, -0.2) is 0 Å². The Morgan fingerprint density at radius 1 is 0.925 bits per heavy atom. The van der Waals surface area contributed by atoms with Crippen LogP contribution in [0.25, 0.3) is 0 Å². The molecule has 0 bridgehead atoms. The minimum atomic E-state index is -4.25. The van der Waals surface area contributed by atoms with Gasteiger partial charge < -0.3 is 23.7 Å². The molecule has 5 atom stereocenters. The van der Waals surface area contributed by atoms with Gasteiger partial charge in [-0.1, -0.05) is 29.8 Å². The Bertz CT molecular complexity index is 1340. The normalized spacial score (nSPS) is 22.9. The van der Waals surface area contributed by atoms with E-state index >= 15 is 0 Å². The summed E-state index contributed by atoms with van der Waals surface area (Å²) in [4.78, 5) is 40.4. The van der Waals surface area contributed by atoms with Crippen molar-refractivity contribution in [2.75, 3.05) is 13.7 Å². The van der Waals surface area contributed by atoms with Gasteiger partial charge in [0.25, 0.3) is 10.1 Å². The van der Waals surface area contributed by atoms with Gasteiger partial charge >= 0.3 is 17.9 Å². The Labute approximate surface area is 232 Å². The van der Waals surface area contributed by atoms with Crippen LogP contribution in [0.5, 0.6) is 5.75 Å². The Hall–Kier alpha value is -3.81. The first kappa shape index (κ1) is 30.7. The number of benzene rings is 2. The summed E-state index contributed by atoms with van der Waals surface area (Å²) in [6.45, 7) is 4.54. The zero-order chi connectivity index (χ0) is 29.4. The van der Waals surface area contributed by atoms with Crippen molar-refractivity contribution in [2.24, 2.45) is 4.99 Å². The largest absolute Gasteiger partial charge is 0.497 e. The third-order valence-electron chi connectivity index (χ3n) is 5.69. The molecule has 0 N–H and O–H groups in total. The van der Waals surface area contributed by atoms with Crippen LogP contribution in [0.3, 0.4) is 0 Å². The fourth-order valence-electron chi connectivity index (χ4n) is 3.93. The molecule has 1 aliphatic rings. The lowest BCUT2D eigenvalue weighted by molar-refractivity contribution is -0.264. The van der Waals surface area contributed by atoms with Crippen molar-refractivity contribution in [3.63, 3.8) is 0 Å². The van der Waals surface area contributed by atoms with Crippen molar-refractivity contribution >= 4 is 34.2 Å². The van der Waals surface area contributed by atoms with Gasteiger partial charge in [0.15, 0.2) is 18.2 Å². The zero-order valence-electron chi connectivity index (χ0n) is 22.6. The number of esters is 3. The fraction of sp³-hybridized carbons (Fsp3) is 0.407. The van der Waals surface area contributed by atoms with Crippen LogP contribution in [0.1, 0.15) is 31.9 Å². The molecule has 0 amide bonds. The van der Waals surface area contributed by atoms with Crippen LogP contribution in [0.15, 0.2) is 58.4 Å². The molecule has 12 nitrogen and oxygen atoms in total. The Kier molecular flexibility index (Phi) is 10.4. The predicted molar refractivity (Wildman–Crippen MR) is 140 cm³/mol. The standard InChI is InChI=1S/C27H31NO11S/c1-16-9-11-22(12-10-16)40(32,33)35-15-23-25(36-17(2)29)26(37-18(3)30)24(27(39-23)38-19(4)31)28-14-20-7-6-8-21(13-20)34-5/h6-14,23-27H,15H2,1-5H3/t23-,24-,25+,26-,27-/m1/s1. The molecule has 40 heavy (non-hydrogen) atoms. The van der Waals surface area contributed by atoms with Gasteiger partial charge in [0.1, 0.15) is 11.9 Å². The maximum absolute atomic E-state index is 12.8. The average Bonchev–Trinajstić information content (AvgIpc) is 2.88. The first-order valence-corrected chi connectivity index (χ1v) is 13.6. The van der Waals surface area contributed by atoms with Crippen LogP contribution in [0, 0.1) is 6.92 Å². The predicted octanol–water partition coefficient (Wildman–Crippen LogP) is 2.35. The summed E-state index contributed by atoms with van der Waals surface area (Å²) in [5, 5.41) is 0. The second kappa shape index (κ2) is 13.5. The quantitative estimate of drug-likeness (QED) is 0.177. The molecular weight excluding hydrogens is 546 g/mol. The molecule has 2 aromatic carbocycles. The van der Waals surface area contributed by atoms with Crippen LogP contribution >= 0.6 is 0 Å². The lowest BCUT2D eigenvalue weighted by Crippen LogP contribution is -2.61. The number of carbonyl (C=O) groups excluding carboxylic acids is 3. The number of rotatable bonds is 10. The minimum absolute atomic E-state index is 0.105. The highest BCUT2D eigenvalue weighted by molar-refractivity contribution is 7.86. The molecule has 0 radical (unpaired) electrons. The third-order valence-corrected chi connectivity index (χ3v) is 6.98. The van der Waals surface area contributed by atoms with Gasteiger partial charge in [-0.3, -0.25) is 23.6 Å². The second-order valence-corrected chi connectivity index (χ2v) is 10.5. The van der Waals surface area contributed by atoms with Gasteiger partial charge in [-0.2, -0.15) is 8.42 Å². The molecule has 1 heterocycles. The monoisotopic (exact) mass is 577 g/mol. The molecule has 1 fully saturated rings. The van der Waals surface area contributed by atoms with Crippen LogP contribution < -0.4 is 4.74 Å². The van der Waals surface area contributed by atoms with Gasteiger partial charge in [-0.05, 0) is 36.8 Å². The number of aliphatic imine (C=N–C) groups is 1. The van der Waals surface area contributed by atoms with Crippen LogP contribution in [0.2, 0.25) is 0 Å². The van der Waals surface area contributed by atoms with E-state index in [-0.39, 0.29) is 4.90 Å². The van der Waals surface area contributed by atoms with E-state index in [1.165, 1.54) is 25.5 Å². The third kappa shape index (κ3) is 8.34. The highest BCUT2D eigenvalue weighted by Crippen LogP contribution is 2.30. The molecular formula is C27H31NO11S. The van der Waals surface area contributed by atoms with Gasteiger partial charge in [0.2, 0.25) is 6.29 Å². The van der Waals surface area contributed by atoms with Gasteiger partial charge in [-0.15, -0.1) is 0 Å². The molecule has 216 valence electrons. The molecule has 0 aliphatic carbocycles. The van der Waals surface area contributed by atoms with E-state index in [1.54, 1.807) is 43.3 Å². The lowest BCUT2D eigenvalue weighted by Gasteiger charge is -2.43. The first-order valence-electron chi connectivity index (χ1n) is 12.2. The molecule has 13 heteroatoms. The van der Waals surface area contributed by atoms with Crippen LogP contribution in [-0.4, -0.2) is 76.9 Å². The first-order chi connectivity index (χ1) is 18.9. The zero-order valence-corrected chi connectivity index (χ0v) is 23.5. The van der Waals surface area contributed by atoms with E-state index in [1.807, 2.05) is 0 Å². The topological polar surface area (TPSA) is 153 Å². The molecule has 2 aromatic rings. The molecule has 0 saturated carbocycles. The molecule has 3 rings (SSSR count). The number of ether oxygens (including phenoxy) is 5. The van der Waals surface area contributed by atoms with Crippen molar-refractivity contribution in [1.82, 2.24) is 0 Å². The van der Waals surface area contributed by atoms with Crippen molar-refractivity contribution in [1.29, 1.82) is 0 Å². The molecule has 0 aromatic heterocycles. The highest BCUT2D eigenvalue weighted by Gasteiger charge is 2.51. The van der Waals surface area contributed by atoms with Crippen molar-refractivity contribution in [2.45, 2.75) is 63.2 Å². The Morgan fingerprint density at radius 2 is 1.55 bits per heavy atom. The highest BCUT2D eigenvalue weighted by atomic mass is 32.2. The van der Waals surface area contributed by atoms with Crippen molar-refractivity contribution in [3.8, 4) is 5.75 Å². The van der Waals surface area contributed by atoms with E-state index in [9.17, 15) is 22.8 Å². The summed E-state index contributed by atoms with van der Waals surface area (Å²) in [6, 6.07) is 11.6. The number of nitrogens with zero attached hydrogens (tertiary/aromatic N) is 1. The van der Waals surface area contributed by atoms with Crippen molar-refractivity contribution < 1.29 is 50.7 Å². The molecule has 1 saturated heterocycles. The lowest BCUT2D eigenvalue weighted by atomic mass is 9.96. The summed E-state index contributed by atoms with van der Waals surface area (Å²) in [5.41, 5.74) is 1.44. The summed E-state index contributed by atoms with van der Waals surface area (Å²) >= 11 is 0. The van der Waals surface area contributed by atoms with E-state index in [0.717, 1.165) is 26.3 Å². The summed E-state index contributed by atoms with van der Waals surface area (Å²) in [6.07, 6.45) is -4.06. The Balaban J connectivity index is 1.98. The van der Waals surface area contributed by atoms with Crippen LogP contribution in [0.4, 0.5) is 0 Å². The SMILES string of the molecule is COc1cccc(C=N[C@H]2[C@H](OC(C)=O)O[C@H](COS(=O)(=O)c3ccc(C)cc3)[C@H](OC(C)=O)[C@@H]2OC(C)=O)c1. The van der Waals surface area contributed by atoms with E-state index in [0.29, 0.717) is 11.3 Å². The number of hydrogen-bond donors (Lipinski definition) is 0. The minimum Gasteiger partial charge on any atom is -0.497 e. The van der Waals surface area contributed by atoms with E-state index in [2.05, 4.69) is 4.99 Å². The second-order valence-electron chi connectivity index (χ2n) is 8.90. The maximum Gasteiger partial charge on any atom is 0.305 e. The molecule has 1 aliphatic heterocycles. The van der Waals surface area contributed by atoms with E-state index in [4.69, 9.17) is 27.9 Å². The van der Waals surface area contributed by atoms with Gasteiger partial charge in [0, 0.05) is 27.0 Å². The van der Waals surface area contributed by atoms with Crippen LogP contribution in [-0.2, 0) is 47.6 Å². The summed E-state index contributed by atoms with van der Waals surface area (Å²) < 4.78 is 58.2. The number of hydrogen-bond acceptors (Lipinski definition) is 12. The van der Waals surface area contributed by atoms with E-state index < -0.39 is 65.3 Å². The number of aryl methyl sites for hydroxylation is 1. The van der Waals surface area contributed by atoms with Crippen molar-refractivity contribution in [3.05, 3.63) is 59.7 Å². The number of carbonyl (C=O) groups is 3. The summed E-state index contributed by atoms with van der Waals surface area (Å²) in [7, 11) is -2.75. The summed E-state index contributed by atoms with van der Waals surface area (Å²) in [5.74, 6) is -1.70. The fourth-order valence-corrected chi connectivity index (χ4v) is 4.85.